The molecule has 10 nitrogen and oxygen atoms in total. The zero-order chi connectivity index (χ0) is 19.5. The molecule has 10 heteroatoms. The highest BCUT2D eigenvalue weighted by atomic mass is 16.5. The molecule has 0 radical (unpaired) electrons. The van der Waals surface area contributed by atoms with Gasteiger partial charge in [-0.15, -0.1) is 0 Å². The van der Waals surface area contributed by atoms with Crippen LogP contribution < -0.4 is 0 Å². The molecule has 0 saturated heterocycles. The van der Waals surface area contributed by atoms with Gasteiger partial charge in [-0.05, 0) is 6.92 Å². The summed E-state index contributed by atoms with van der Waals surface area (Å²) in [6.45, 7) is 4.46. The summed E-state index contributed by atoms with van der Waals surface area (Å²) in [5.74, 6) is 0.752. The Labute approximate surface area is 161 Å². The van der Waals surface area contributed by atoms with E-state index in [1.807, 2.05) is 4.68 Å². The fraction of sp³-hybridized carbons (Fsp3) is 0.444. The van der Waals surface area contributed by atoms with Crippen molar-refractivity contribution in [3.63, 3.8) is 0 Å². The maximum atomic E-state index is 12.3. The molecule has 4 heterocycles. The number of fused-ring (bicyclic) bond motifs is 1. The average Bonchev–Trinajstić information content (AvgIpc) is 3.36. The van der Waals surface area contributed by atoms with Gasteiger partial charge in [-0.2, -0.15) is 10.1 Å². The van der Waals surface area contributed by atoms with Gasteiger partial charge in [0.05, 0.1) is 18.8 Å². The first-order valence-corrected chi connectivity index (χ1v) is 9.17. The summed E-state index contributed by atoms with van der Waals surface area (Å²) in [5.41, 5.74) is 3.30. The third kappa shape index (κ3) is 3.50. The molecule has 28 heavy (non-hydrogen) atoms. The molecular weight excluding hydrogens is 362 g/mol. The van der Waals surface area contributed by atoms with Gasteiger partial charge in [0.1, 0.15) is 6.33 Å². The zero-order valence-electron chi connectivity index (χ0n) is 15.8. The normalized spacial score (nSPS) is 13.4. The minimum atomic E-state index is -0.155. The number of hydrogen-bond acceptors (Lipinski definition) is 8. The van der Waals surface area contributed by atoms with E-state index in [2.05, 4.69) is 32.1 Å². The average molecular weight is 383 g/mol. The Morgan fingerprint density at radius 3 is 2.93 bits per heavy atom. The summed E-state index contributed by atoms with van der Waals surface area (Å²) < 4.78 is 13.0. The van der Waals surface area contributed by atoms with Gasteiger partial charge in [-0.25, -0.2) is 9.97 Å². The van der Waals surface area contributed by atoms with Crippen LogP contribution in [0.1, 0.15) is 34.4 Å². The van der Waals surface area contributed by atoms with Crippen LogP contribution in [0, 0.1) is 0 Å². The number of ether oxygens (including phenoxy) is 1. The van der Waals surface area contributed by atoms with E-state index in [1.54, 1.807) is 11.9 Å². The van der Waals surface area contributed by atoms with E-state index in [0.717, 1.165) is 18.5 Å². The molecule has 0 fully saturated rings. The number of amides is 1. The first-order chi connectivity index (χ1) is 13.7. The van der Waals surface area contributed by atoms with Crippen molar-refractivity contribution in [3.8, 4) is 11.6 Å². The van der Waals surface area contributed by atoms with Crippen molar-refractivity contribution in [2.75, 3.05) is 20.2 Å². The van der Waals surface area contributed by atoms with E-state index in [1.165, 1.54) is 24.4 Å². The smallest absolute Gasteiger partial charge is 0.278 e. The second-order valence-electron chi connectivity index (χ2n) is 6.51. The van der Waals surface area contributed by atoms with Crippen LogP contribution in [0.5, 0.6) is 0 Å². The second-order valence-corrected chi connectivity index (χ2v) is 6.51. The molecule has 0 atom stereocenters. The van der Waals surface area contributed by atoms with Crippen molar-refractivity contribution < 1.29 is 14.1 Å². The number of likely N-dealkylation sites (N-methyl/N-ethyl adjacent to an activating group) is 1. The fourth-order valence-corrected chi connectivity index (χ4v) is 3.19. The second kappa shape index (κ2) is 7.85. The number of nitrogens with zero attached hydrogens (tertiary/aromatic N) is 7. The van der Waals surface area contributed by atoms with E-state index in [9.17, 15) is 4.79 Å². The Bertz CT molecular complexity index is 967. The lowest BCUT2D eigenvalue weighted by molar-refractivity contribution is 0.0795. The molecule has 0 N–H and O–H groups in total. The first-order valence-electron chi connectivity index (χ1n) is 9.17. The maximum absolute atomic E-state index is 12.3. The van der Waals surface area contributed by atoms with E-state index >= 15 is 0 Å². The lowest BCUT2D eigenvalue weighted by Gasteiger charge is -2.15. The van der Waals surface area contributed by atoms with Gasteiger partial charge in [-0.3, -0.25) is 9.48 Å². The predicted octanol–water partition coefficient (Wildman–Crippen LogP) is 1.13. The van der Waals surface area contributed by atoms with Crippen LogP contribution in [0.15, 0.2) is 23.2 Å². The molecule has 1 aliphatic rings. The Morgan fingerprint density at radius 2 is 2.14 bits per heavy atom. The molecule has 146 valence electrons. The fourth-order valence-electron chi connectivity index (χ4n) is 3.19. The van der Waals surface area contributed by atoms with Crippen LogP contribution in [0.2, 0.25) is 0 Å². The van der Waals surface area contributed by atoms with E-state index < -0.39 is 0 Å². The Hall–Kier alpha value is -3.14. The molecule has 0 spiro atoms. The van der Waals surface area contributed by atoms with Crippen molar-refractivity contribution in [1.82, 2.24) is 34.8 Å². The highest BCUT2D eigenvalue weighted by molar-refractivity contribution is 5.93. The van der Waals surface area contributed by atoms with Crippen molar-refractivity contribution in [1.29, 1.82) is 0 Å². The number of aromatic nitrogens is 6. The van der Waals surface area contributed by atoms with Crippen LogP contribution in [-0.4, -0.2) is 60.9 Å². The van der Waals surface area contributed by atoms with Gasteiger partial charge in [0, 0.05) is 56.6 Å². The molecule has 3 aromatic rings. The van der Waals surface area contributed by atoms with Crippen LogP contribution in [0.25, 0.3) is 11.6 Å². The minimum absolute atomic E-state index is 0.155. The molecule has 1 amide bonds. The van der Waals surface area contributed by atoms with Gasteiger partial charge in [0.25, 0.3) is 11.8 Å². The molecule has 0 bridgehead atoms. The largest absolute Gasteiger partial charge is 0.376 e. The van der Waals surface area contributed by atoms with Crippen LogP contribution in [0.4, 0.5) is 0 Å². The molecular formula is C18H21N7O3. The van der Waals surface area contributed by atoms with Gasteiger partial charge in [-0.1, -0.05) is 5.16 Å². The number of hydrogen-bond donors (Lipinski definition) is 0. The summed E-state index contributed by atoms with van der Waals surface area (Å²) in [5, 5.41) is 8.66. The third-order valence-electron chi connectivity index (χ3n) is 4.69. The summed E-state index contributed by atoms with van der Waals surface area (Å²) >= 11 is 0. The molecule has 3 aromatic heterocycles. The Kier molecular flexibility index (Phi) is 5.11. The predicted molar refractivity (Wildman–Crippen MR) is 97.2 cm³/mol. The van der Waals surface area contributed by atoms with Crippen LogP contribution >= 0.6 is 0 Å². The SMILES string of the molecule is CCn1nc(-c2nc(CCN(C)C(=O)c3cncnc3)no2)c2c1CCOC2. The molecule has 0 saturated carbocycles. The van der Waals surface area contributed by atoms with E-state index in [-0.39, 0.29) is 5.91 Å². The minimum Gasteiger partial charge on any atom is -0.376 e. The Morgan fingerprint density at radius 1 is 1.32 bits per heavy atom. The van der Waals surface area contributed by atoms with E-state index in [0.29, 0.717) is 49.2 Å². The number of aryl methyl sites for hydroxylation is 1. The van der Waals surface area contributed by atoms with Crippen molar-refractivity contribution >= 4 is 5.91 Å². The lowest BCUT2D eigenvalue weighted by atomic mass is 10.1. The van der Waals surface area contributed by atoms with Gasteiger partial charge < -0.3 is 14.2 Å². The lowest BCUT2D eigenvalue weighted by Crippen LogP contribution is -2.29. The highest BCUT2D eigenvalue weighted by Gasteiger charge is 2.25. The first kappa shape index (κ1) is 18.2. The molecule has 0 unspecified atom stereocenters. The molecule has 1 aliphatic heterocycles. The Balaban J connectivity index is 1.45. The van der Waals surface area contributed by atoms with E-state index in [4.69, 9.17) is 9.26 Å². The number of carbonyl (C=O) groups excluding carboxylic acids is 1. The summed E-state index contributed by atoms with van der Waals surface area (Å²) in [4.78, 5) is 26.1. The van der Waals surface area contributed by atoms with Crippen molar-refractivity contribution in [2.24, 2.45) is 0 Å². The number of carbonyl (C=O) groups is 1. The molecule has 0 aliphatic carbocycles. The summed E-state index contributed by atoms with van der Waals surface area (Å²) in [6.07, 6.45) is 5.67. The van der Waals surface area contributed by atoms with Gasteiger partial charge in [0.15, 0.2) is 11.5 Å². The molecule has 0 aromatic carbocycles. The summed E-state index contributed by atoms with van der Waals surface area (Å²) in [6, 6.07) is 0. The van der Waals surface area contributed by atoms with Gasteiger partial charge in [0.2, 0.25) is 0 Å². The monoisotopic (exact) mass is 383 g/mol. The van der Waals surface area contributed by atoms with Crippen LogP contribution in [-0.2, 0) is 30.7 Å². The standard InChI is InChI=1S/C18H21N7O3/c1-3-25-14-5-7-27-10-13(14)16(22-25)17-21-15(23-28-17)4-6-24(2)18(26)12-8-19-11-20-9-12/h8-9,11H,3-7,10H2,1-2H3. The summed E-state index contributed by atoms with van der Waals surface area (Å²) in [7, 11) is 1.72. The van der Waals surface area contributed by atoms with Gasteiger partial charge >= 0.3 is 0 Å². The van der Waals surface area contributed by atoms with Crippen molar-refractivity contribution in [3.05, 3.63) is 41.4 Å². The highest BCUT2D eigenvalue weighted by Crippen LogP contribution is 2.28. The third-order valence-corrected chi connectivity index (χ3v) is 4.69. The zero-order valence-corrected chi connectivity index (χ0v) is 15.8. The van der Waals surface area contributed by atoms with Crippen LogP contribution in [0.3, 0.4) is 0 Å². The number of rotatable bonds is 6. The maximum Gasteiger partial charge on any atom is 0.278 e. The molecule has 4 rings (SSSR count). The quantitative estimate of drug-likeness (QED) is 0.623. The van der Waals surface area contributed by atoms with Crippen molar-refractivity contribution in [2.45, 2.75) is 32.9 Å². The topological polar surface area (TPSA) is 112 Å².